The van der Waals surface area contributed by atoms with Crippen molar-refractivity contribution in [1.82, 2.24) is 0 Å². The third-order valence-electron chi connectivity index (χ3n) is 1.56. The van der Waals surface area contributed by atoms with Gasteiger partial charge in [-0.15, -0.1) is 0 Å². The Labute approximate surface area is 76.9 Å². The Morgan fingerprint density at radius 3 is 2.36 bits per heavy atom. The molecular formula is C6H4BF2NO4. The van der Waals surface area contributed by atoms with Crippen LogP contribution in [0, 0.1) is 21.7 Å². The molecule has 2 N–H and O–H groups in total. The van der Waals surface area contributed by atoms with E-state index in [1.165, 1.54) is 0 Å². The molecule has 0 spiro atoms. The molecule has 0 saturated heterocycles. The molecule has 1 aromatic carbocycles. The molecule has 0 heterocycles. The third-order valence-corrected chi connectivity index (χ3v) is 1.56. The standard InChI is InChI=1S/C6H4BF2NO4/c8-4-2-1-3(7(11)12)5(9)6(4)10(13)14/h1-2,11-12H. The molecule has 74 valence electrons. The molecule has 0 atom stereocenters. The number of halogens is 2. The van der Waals surface area contributed by atoms with E-state index in [0.717, 1.165) is 6.07 Å². The highest BCUT2D eigenvalue weighted by atomic mass is 19.1. The first kappa shape index (κ1) is 10.5. The lowest BCUT2D eigenvalue weighted by Crippen LogP contribution is -2.33. The Morgan fingerprint density at radius 1 is 1.36 bits per heavy atom. The van der Waals surface area contributed by atoms with Crippen molar-refractivity contribution in [2.45, 2.75) is 0 Å². The minimum absolute atomic E-state index is 0.593. The highest BCUT2D eigenvalue weighted by molar-refractivity contribution is 6.58. The Balaban J connectivity index is 3.41. The van der Waals surface area contributed by atoms with Gasteiger partial charge in [0.25, 0.3) is 0 Å². The molecule has 0 saturated carbocycles. The minimum atomic E-state index is -2.21. The van der Waals surface area contributed by atoms with Gasteiger partial charge in [-0.05, 0) is 6.07 Å². The Hall–Kier alpha value is -1.54. The number of rotatable bonds is 2. The summed E-state index contributed by atoms with van der Waals surface area (Å²) in [5.41, 5.74) is -2.13. The average Bonchev–Trinajstić information content (AvgIpc) is 2.02. The maximum absolute atomic E-state index is 13.0. The SMILES string of the molecule is O=[N+]([O-])c1c(F)ccc(B(O)O)c1F. The van der Waals surface area contributed by atoms with Crippen molar-refractivity contribution in [3.8, 4) is 0 Å². The second kappa shape index (κ2) is 3.68. The van der Waals surface area contributed by atoms with Gasteiger partial charge < -0.3 is 10.0 Å². The molecule has 5 nitrogen and oxygen atoms in total. The fraction of sp³-hybridized carbons (Fsp3) is 0. The van der Waals surface area contributed by atoms with Crippen molar-refractivity contribution in [1.29, 1.82) is 0 Å². The van der Waals surface area contributed by atoms with Crippen LogP contribution < -0.4 is 5.46 Å². The number of nitrogens with zero attached hydrogens (tertiary/aromatic N) is 1. The van der Waals surface area contributed by atoms with Crippen LogP contribution in [0.15, 0.2) is 12.1 Å². The zero-order valence-corrected chi connectivity index (χ0v) is 6.65. The van der Waals surface area contributed by atoms with Gasteiger partial charge in [0.15, 0.2) is 0 Å². The number of nitro benzene ring substituents is 1. The Morgan fingerprint density at radius 2 is 1.93 bits per heavy atom. The maximum Gasteiger partial charge on any atom is 0.491 e. The molecule has 0 unspecified atom stereocenters. The maximum atomic E-state index is 13.0. The summed E-state index contributed by atoms with van der Waals surface area (Å²) >= 11 is 0. The summed E-state index contributed by atoms with van der Waals surface area (Å²) in [4.78, 5) is 8.91. The number of nitro groups is 1. The fourth-order valence-electron chi connectivity index (χ4n) is 0.923. The van der Waals surface area contributed by atoms with Crippen LogP contribution >= 0.6 is 0 Å². The van der Waals surface area contributed by atoms with Crippen LogP contribution in [0.25, 0.3) is 0 Å². The zero-order chi connectivity index (χ0) is 10.9. The van der Waals surface area contributed by atoms with E-state index >= 15 is 0 Å². The first-order valence-corrected chi connectivity index (χ1v) is 3.43. The molecule has 0 aliphatic carbocycles. The van der Waals surface area contributed by atoms with Gasteiger partial charge in [0.1, 0.15) is 0 Å². The molecule has 0 aromatic heterocycles. The summed E-state index contributed by atoms with van der Waals surface area (Å²) in [6.07, 6.45) is 0. The third kappa shape index (κ3) is 1.70. The number of hydrogen-bond acceptors (Lipinski definition) is 4. The minimum Gasteiger partial charge on any atom is -0.423 e. The molecule has 0 fully saturated rings. The highest BCUT2D eigenvalue weighted by Crippen LogP contribution is 2.19. The number of benzene rings is 1. The van der Waals surface area contributed by atoms with Gasteiger partial charge in [0, 0.05) is 5.46 Å². The first-order chi connectivity index (χ1) is 6.45. The van der Waals surface area contributed by atoms with Crippen molar-refractivity contribution in [3.63, 3.8) is 0 Å². The largest absolute Gasteiger partial charge is 0.491 e. The summed E-state index contributed by atoms with van der Waals surface area (Å²) in [6.45, 7) is 0. The van der Waals surface area contributed by atoms with Gasteiger partial charge in [-0.25, -0.2) is 0 Å². The van der Waals surface area contributed by atoms with Crippen LogP contribution in [0.3, 0.4) is 0 Å². The van der Waals surface area contributed by atoms with Gasteiger partial charge in [-0.2, -0.15) is 8.78 Å². The van der Waals surface area contributed by atoms with E-state index in [1.807, 2.05) is 0 Å². The average molecular weight is 203 g/mol. The smallest absolute Gasteiger partial charge is 0.423 e. The monoisotopic (exact) mass is 203 g/mol. The molecule has 0 bridgehead atoms. The normalized spacial score (nSPS) is 10.0. The second-order valence-corrected chi connectivity index (χ2v) is 2.43. The summed E-state index contributed by atoms with van der Waals surface area (Å²) < 4.78 is 25.7. The van der Waals surface area contributed by atoms with Crippen molar-refractivity contribution in [2.75, 3.05) is 0 Å². The molecule has 0 aliphatic rings. The predicted molar refractivity (Wildman–Crippen MR) is 42.8 cm³/mol. The summed E-state index contributed by atoms with van der Waals surface area (Å²) in [6, 6.07) is 1.32. The van der Waals surface area contributed by atoms with Crippen LogP contribution in [0.4, 0.5) is 14.5 Å². The van der Waals surface area contributed by atoms with Gasteiger partial charge in [0.2, 0.25) is 11.6 Å². The van der Waals surface area contributed by atoms with Crippen LogP contribution in [0.5, 0.6) is 0 Å². The summed E-state index contributed by atoms with van der Waals surface area (Å²) in [5, 5.41) is 27.3. The lowest BCUT2D eigenvalue weighted by Gasteiger charge is -2.02. The molecule has 0 radical (unpaired) electrons. The van der Waals surface area contributed by atoms with Crippen LogP contribution in [0.2, 0.25) is 0 Å². The van der Waals surface area contributed by atoms with E-state index in [0.29, 0.717) is 6.07 Å². The quantitative estimate of drug-likeness (QED) is 0.387. The first-order valence-electron chi connectivity index (χ1n) is 3.43. The topological polar surface area (TPSA) is 83.6 Å². The lowest BCUT2D eigenvalue weighted by molar-refractivity contribution is -0.390. The molecule has 14 heavy (non-hydrogen) atoms. The van der Waals surface area contributed by atoms with E-state index < -0.39 is 34.8 Å². The summed E-state index contributed by atoms with van der Waals surface area (Å²) in [7, 11) is -2.21. The van der Waals surface area contributed by atoms with Crippen molar-refractivity contribution in [3.05, 3.63) is 33.9 Å². The second-order valence-electron chi connectivity index (χ2n) is 2.43. The van der Waals surface area contributed by atoms with Crippen molar-refractivity contribution < 1.29 is 23.8 Å². The lowest BCUT2D eigenvalue weighted by atomic mass is 9.79. The Kier molecular flexibility index (Phi) is 2.77. The molecule has 0 amide bonds. The van der Waals surface area contributed by atoms with E-state index in [1.54, 1.807) is 0 Å². The number of hydrogen-bond donors (Lipinski definition) is 2. The molecule has 8 heteroatoms. The van der Waals surface area contributed by atoms with Gasteiger partial charge in [0.05, 0.1) is 4.92 Å². The Bertz CT molecular complexity index is 384. The molecular weight excluding hydrogens is 199 g/mol. The van der Waals surface area contributed by atoms with Gasteiger partial charge >= 0.3 is 12.8 Å². The fourth-order valence-corrected chi connectivity index (χ4v) is 0.923. The van der Waals surface area contributed by atoms with Gasteiger partial charge in [-0.3, -0.25) is 10.1 Å². The van der Waals surface area contributed by atoms with Crippen LogP contribution in [-0.2, 0) is 0 Å². The van der Waals surface area contributed by atoms with Gasteiger partial charge in [-0.1, -0.05) is 6.07 Å². The van der Waals surface area contributed by atoms with Crippen molar-refractivity contribution >= 4 is 18.3 Å². The van der Waals surface area contributed by atoms with Crippen LogP contribution in [-0.4, -0.2) is 22.1 Å². The predicted octanol–water partition coefficient (Wildman–Crippen LogP) is -0.447. The van der Waals surface area contributed by atoms with E-state index in [2.05, 4.69) is 0 Å². The molecule has 1 aromatic rings. The van der Waals surface area contributed by atoms with E-state index in [-0.39, 0.29) is 0 Å². The highest BCUT2D eigenvalue weighted by Gasteiger charge is 2.28. The molecule has 0 aliphatic heterocycles. The zero-order valence-electron chi connectivity index (χ0n) is 6.65. The van der Waals surface area contributed by atoms with Crippen molar-refractivity contribution in [2.24, 2.45) is 0 Å². The van der Waals surface area contributed by atoms with Crippen LogP contribution in [0.1, 0.15) is 0 Å². The molecule has 1 rings (SSSR count). The summed E-state index contributed by atoms with van der Waals surface area (Å²) in [5.74, 6) is -2.94. The van der Waals surface area contributed by atoms with E-state index in [4.69, 9.17) is 10.0 Å². The van der Waals surface area contributed by atoms with E-state index in [9.17, 15) is 18.9 Å².